The van der Waals surface area contributed by atoms with Crippen molar-refractivity contribution in [2.75, 3.05) is 5.32 Å². The van der Waals surface area contributed by atoms with Crippen LogP contribution in [-0.2, 0) is 16.0 Å². The minimum absolute atomic E-state index is 0.0371. The summed E-state index contributed by atoms with van der Waals surface area (Å²) < 4.78 is 0.770. The van der Waals surface area contributed by atoms with Gasteiger partial charge >= 0.3 is 0 Å². The van der Waals surface area contributed by atoms with Gasteiger partial charge in [0.15, 0.2) is 0 Å². The molecular formula is C18H18BrN3O3. The van der Waals surface area contributed by atoms with E-state index in [0.717, 1.165) is 16.5 Å². The number of phenolic OH excluding ortho intramolecular Hbond substituents is 1. The van der Waals surface area contributed by atoms with Crippen molar-refractivity contribution in [1.29, 1.82) is 0 Å². The van der Waals surface area contributed by atoms with Crippen LogP contribution < -0.4 is 10.7 Å². The molecule has 0 aliphatic rings. The zero-order valence-corrected chi connectivity index (χ0v) is 15.2. The number of aromatic hydroxyl groups is 1. The Morgan fingerprint density at radius 2 is 1.96 bits per heavy atom. The number of benzene rings is 2. The summed E-state index contributed by atoms with van der Waals surface area (Å²) in [5.74, 6) is -0.925. The molecule has 0 saturated heterocycles. The van der Waals surface area contributed by atoms with Gasteiger partial charge < -0.3 is 10.4 Å². The number of hydrogen-bond acceptors (Lipinski definition) is 4. The number of carbonyl (C=O) groups excluding carboxylic acids is 2. The smallest absolute Gasteiger partial charge is 0.249 e. The van der Waals surface area contributed by atoms with E-state index < -0.39 is 11.8 Å². The third-order valence-corrected chi connectivity index (χ3v) is 3.87. The summed E-state index contributed by atoms with van der Waals surface area (Å²) in [6.07, 6.45) is 1.74. The zero-order chi connectivity index (χ0) is 18.2. The number of rotatable bonds is 6. The number of hydrogen-bond donors (Lipinski definition) is 3. The van der Waals surface area contributed by atoms with E-state index in [9.17, 15) is 14.7 Å². The predicted molar refractivity (Wildman–Crippen MR) is 101 cm³/mol. The van der Waals surface area contributed by atoms with Crippen molar-refractivity contribution in [3.63, 3.8) is 0 Å². The van der Waals surface area contributed by atoms with Crippen LogP contribution in [0, 0.1) is 0 Å². The zero-order valence-electron chi connectivity index (χ0n) is 13.6. The Labute approximate surface area is 154 Å². The number of phenols is 1. The average molecular weight is 404 g/mol. The summed E-state index contributed by atoms with van der Waals surface area (Å²) in [5, 5.41) is 16.1. The molecule has 0 heterocycles. The third kappa shape index (κ3) is 5.72. The highest BCUT2D eigenvalue weighted by Crippen LogP contribution is 2.20. The summed E-state index contributed by atoms with van der Waals surface area (Å²) >= 11 is 3.28. The van der Waals surface area contributed by atoms with Gasteiger partial charge in [0.25, 0.3) is 0 Å². The van der Waals surface area contributed by atoms with Gasteiger partial charge in [-0.25, -0.2) is 5.43 Å². The van der Waals surface area contributed by atoms with Gasteiger partial charge in [-0.05, 0) is 36.2 Å². The Morgan fingerprint density at radius 1 is 1.20 bits per heavy atom. The van der Waals surface area contributed by atoms with E-state index in [1.165, 1.54) is 12.3 Å². The van der Waals surface area contributed by atoms with Gasteiger partial charge in [0.1, 0.15) is 12.2 Å². The highest BCUT2D eigenvalue weighted by atomic mass is 79.9. The summed E-state index contributed by atoms with van der Waals surface area (Å²) in [4.78, 5) is 23.7. The molecule has 6 nitrogen and oxygen atoms in total. The monoisotopic (exact) mass is 403 g/mol. The second-order valence-corrected chi connectivity index (χ2v) is 6.15. The van der Waals surface area contributed by atoms with Crippen LogP contribution in [0.15, 0.2) is 52.0 Å². The Balaban J connectivity index is 1.88. The van der Waals surface area contributed by atoms with Crippen molar-refractivity contribution in [1.82, 2.24) is 5.43 Å². The summed E-state index contributed by atoms with van der Waals surface area (Å²) in [6.45, 7) is 1.99. The molecule has 2 amide bonds. The Bertz CT molecular complexity index is 806. The first kappa shape index (κ1) is 18.7. The number of amides is 2. The lowest BCUT2D eigenvalue weighted by atomic mass is 10.1. The number of para-hydroxylation sites is 1. The fourth-order valence-corrected chi connectivity index (χ4v) is 2.51. The van der Waals surface area contributed by atoms with Gasteiger partial charge in [-0.15, -0.1) is 0 Å². The highest BCUT2D eigenvalue weighted by molar-refractivity contribution is 9.10. The Hall–Kier alpha value is -2.67. The quantitative estimate of drug-likeness (QED) is 0.392. The van der Waals surface area contributed by atoms with Crippen LogP contribution in [-0.4, -0.2) is 23.1 Å². The second-order valence-electron chi connectivity index (χ2n) is 5.23. The van der Waals surface area contributed by atoms with Gasteiger partial charge in [-0.3, -0.25) is 9.59 Å². The van der Waals surface area contributed by atoms with Crippen molar-refractivity contribution in [2.45, 2.75) is 19.8 Å². The molecule has 130 valence electrons. The van der Waals surface area contributed by atoms with E-state index in [1.807, 2.05) is 25.1 Å². The van der Waals surface area contributed by atoms with Gasteiger partial charge in [0.2, 0.25) is 11.8 Å². The number of nitrogens with one attached hydrogen (secondary N) is 2. The highest BCUT2D eigenvalue weighted by Gasteiger charge is 2.10. The molecule has 0 spiro atoms. The molecule has 2 aromatic carbocycles. The molecule has 7 heteroatoms. The minimum Gasteiger partial charge on any atom is -0.507 e. The molecular weight excluding hydrogens is 386 g/mol. The Kier molecular flexibility index (Phi) is 6.71. The largest absolute Gasteiger partial charge is 0.507 e. The molecule has 0 atom stereocenters. The van der Waals surface area contributed by atoms with Crippen molar-refractivity contribution in [3.8, 4) is 5.75 Å². The van der Waals surface area contributed by atoms with Crippen molar-refractivity contribution < 1.29 is 14.7 Å². The van der Waals surface area contributed by atoms with E-state index in [0.29, 0.717) is 11.3 Å². The molecule has 3 N–H and O–H groups in total. The van der Waals surface area contributed by atoms with Crippen molar-refractivity contribution >= 4 is 39.6 Å². The second kappa shape index (κ2) is 8.98. The van der Waals surface area contributed by atoms with E-state index in [4.69, 9.17) is 0 Å². The fraction of sp³-hybridized carbons (Fsp3) is 0.167. The van der Waals surface area contributed by atoms with Crippen LogP contribution in [0.25, 0.3) is 0 Å². The van der Waals surface area contributed by atoms with Gasteiger partial charge in [-0.2, -0.15) is 5.10 Å². The van der Waals surface area contributed by atoms with Gasteiger partial charge in [0, 0.05) is 15.7 Å². The first-order chi connectivity index (χ1) is 12.0. The molecule has 0 aromatic heterocycles. The van der Waals surface area contributed by atoms with Gasteiger partial charge in [-0.1, -0.05) is 41.1 Å². The number of halogens is 1. The molecule has 0 bridgehead atoms. The molecule has 0 unspecified atom stereocenters. The fourth-order valence-electron chi connectivity index (χ4n) is 2.13. The summed E-state index contributed by atoms with van der Waals surface area (Å²) in [7, 11) is 0. The minimum atomic E-state index is -0.544. The average Bonchev–Trinajstić information content (AvgIpc) is 2.58. The summed E-state index contributed by atoms with van der Waals surface area (Å²) in [5.41, 5.74) is 4.41. The van der Waals surface area contributed by atoms with Crippen LogP contribution >= 0.6 is 15.9 Å². The molecule has 0 fully saturated rings. The van der Waals surface area contributed by atoms with E-state index in [1.54, 1.807) is 18.2 Å². The number of nitrogens with zero attached hydrogens (tertiary/aromatic N) is 1. The maximum atomic E-state index is 12.0. The number of carbonyl (C=O) groups is 2. The standard InChI is InChI=1S/C18H18BrN3O3/c1-2-12-5-3-4-6-15(12)21-17(24)10-18(25)22-20-11-13-9-14(19)7-8-16(13)23/h3-9,11,23H,2,10H2,1H3,(H,21,24)(H,22,25)/b20-11+. The maximum absolute atomic E-state index is 12.0. The molecule has 25 heavy (non-hydrogen) atoms. The molecule has 2 aromatic rings. The first-order valence-corrected chi connectivity index (χ1v) is 8.47. The van der Waals surface area contributed by atoms with Crippen molar-refractivity contribution in [3.05, 3.63) is 58.1 Å². The van der Waals surface area contributed by atoms with E-state index in [2.05, 4.69) is 31.8 Å². The van der Waals surface area contributed by atoms with E-state index >= 15 is 0 Å². The molecule has 0 radical (unpaired) electrons. The summed E-state index contributed by atoms with van der Waals surface area (Å²) in [6, 6.07) is 12.3. The molecule has 2 rings (SSSR count). The number of anilines is 1. The van der Waals surface area contributed by atoms with Crippen LogP contribution in [0.4, 0.5) is 5.69 Å². The van der Waals surface area contributed by atoms with Crippen molar-refractivity contribution in [2.24, 2.45) is 5.10 Å². The van der Waals surface area contributed by atoms with Crippen LogP contribution in [0.5, 0.6) is 5.75 Å². The topological polar surface area (TPSA) is 90.8 Å². The lowest BCUT2D eigenvalue weighted by Gasteiger charge is -2.09. The SMILES string of the molecule is CCc1ccccc1NC(=O)CC(=O)N/N=C/c1cc(Br)ccc1O. The van der Waals surface area contributed by atoms with Crippen LogP contribution in [0.1, 0.15) is 24.5 Å². The molecule has 0 aliphatic carbocycles. The van der Waals surface area contributed by atoms with E-state index in [-0.39, 0.29) is 12.2 Å². The van der Waals surface area contributed by atoms with Crippen LogP contribution in [0.3, 0.4) is 0 Å². The van der Waals surface area contributed by atoms with Crippen LogP contribution in [0.2, 0.25) is 0 Å². The number of hydrazone groups is 1. The predicted octanol–water partition coefficient (Wildman–Crippen LogP) is 3.20. The maximum Gasteiger partial charge on any atom is 0.249 e. The normalized spacial score (nSPS) is 10.6. The molecule has 0 aliphatic heterocycles. The third-order valence-electron chi connectivity index (χ3n) is 3.38. The number of aryl methyl sites for hydroxylation is 1. The lowest BCUT2D eigenvalue weighted by molar-refractivity contribution is -0.126. The van der Waals surface area contributed by atoms with Gasteiger partial charge in [0.05, 0.1) is 6.21 Å². The lowest BCUT2D eigenvalue weighted by Crippen LogP contribution is -2.25. The molecule has 0 saturated carbocycles. The Morgan fingerprint density at radius 3 is 2.72 bits per heavy atom. The first-order valence-electron chi connectivity index (χ1n) is 7.67.